The van der Waals surface area contributed by atoms with Gasteiger partial charge in [-0.05, 0) is 36.4 Å². The van der Waals surface area contributed by atoms with E-state index in [2.05, 4.69) is 0 Å². The Balaban J connectivity index is 1.69. The molecule has 0 bridgehead atoms. The van der Waals surface area contributed by atoms with Crippen molar-refractivity contribution in [2.75, 3.05) is 0 Å². The minimum absolute atomic E-state index is 0.0708. The maximum Gasteiger partial charge on any atom is 0.339 e. The van der Waals surface area contributed by atoms with E-state index in [1.54, 1.807) is 48.5 Å². The van der Waals surface area contributed by atoms with Crippen molar-refractivity contribution in [3.05, 3.63) is 103 Å². The van der Waals surface area contributed by atoms with Crippen LogP contribution in [-0.2, 0) is 22.7 Å². The number of ether oxygens (including phenoxy) is 2. The van der Waals surface area contributed by atoms with E-state index in [0.717, 1.165) is 0 Å². The van der Waals surface area contributed by atoms with Gasteiger partial charge in [0, 0.05) is 31.2 Å². The van der Waals surface area contributed by atoms with Crippen LogP contribution in [0.5, 0.6) is 0 Å². The fourth-order valence-corrected chi connectivity index (χ4v) is 3.48. The second kappa shape index (κ2) is 10.2. The van der Waals surface area contributed by atoms with Crippen LogP contribution in [0.3, 0.4) is 0 Å². The zero-order chi connectivity index (χ0) is 21.7. The molecule has 0 unspecified atom stereocenters. The van der Waals surface area contributed by atoms with Gasteiger partial charge < -0.3 is 9.47 Å². The number of benzene rings is 3. The van der Waals surface area contributed by atoms with E-state index in [9.17, 15) is 9.59 Å². The zero-order valence-corrected chi connectivity index (χ0v) is 18.4. The predicted molar refractivity (Wildman–Crippen MR) is 118 cm³/mol. The lowest BCUT2D eigenvalue weighted by atomic mass is 10.1. The van der Waals surface area contributed by atoms with E-state index in [1.807, 2.05) is 0 Å². The summed E-state index contributed by atoms with van der Waals surface area (Å²) in [5.41, 5.74) is 1.34. The second-order valence-corrected chi connectivity index (χ2v) is 7.86. The number of esters is 2. The molecule has 3 aromatic rings. The Hall–Kier alpha value is -2.24. The lowest BCUT2D eigenvalue weighted by Crippen LogP contribution is -2.14. The molecule has 0 atom stereocenters. The summed E-state index contributed by atoms with van der Waals surface area (Å²) < 4.78 is 10.6. The van der Waals surface area contributed by atoms with E-state index < -0.39 is 11.9 Å². The highest BCUT2D eigenvalue weighted by Crippen LogP contribution is 2.24. The molecule has 8 heteroatoms. The first kappa shape index (κ1) is 22.4. The van der Waals surface area contributed by atoms with Crippen LogP contribution in [0.2, 0.25) is 20.1 Å². The number of halogens is 4. The molecular weight excluding hydrogens is 470 g/mol. The molecule has 4 nitrogen and oxygen atoms in total. The minimum atomic E-state index is -0.682. The van der Waals surface area contributed by atoms with Crippen LogP contribution in [0.15, 0.2) is 60.7 Å². The van der Waals surface area contributed by atoms with Gasteiger partial charge in [-0.2, -0.15) is 0 Å². The van der Waals surface area contributed by atoms with Crippen LogP contribution in [-0.4, -0.2) is 11.9 Å². The smallest absolute Gasteiger partial charge is 0.339 e. The predicted octanol–water partition coefficient (Wildman–Crippen LogP) is 7.01. The zero-order valence-electron chi connectivity index (χ0n) is 15.3. The standard InChI is InChI=1S/C22H14Cl4O4/c23-15-7-5-13(19(25)9-15)11-29-21(27)17-3-1-2-4-18(17)22(28)30-12-14-6-8-16(24)10-20(14)26/h1-10H,11-12H2. The summed E-state index contributed by atoms with van der Waals surface area (Å²) in [5.74, 6) is -1.36. The average molecular weight is 484 g/mol. The summed E-state index contributed by atoms with van der Waals surface area (Å²) in [6, 6.07) is 15.9. The number of hydrogen-bond acceptors (Lipinski definition) is 4. The lowest BCUT2D eigenvalue weighted by molar-refractivity contribution is 0.0425. The Morgan fingerprint density at radius 3 is 1.40 bits per heavy atom. The first-order valence-electron chi connectivity index (χ1n) is 8.66. The van der Waals surface area contributed by atoms with Gasteiger partial charge in [0.2, 0.25) is 0 Å². The van der Waals surface area contributed by atoms with E-state index in [4.69, 9.17) is 55.9 Å². The van der Waals surface area contributed by atoms with Crippen LogP contribution < -0.4 is 0 Å². The number of hydrogen-bond donors (Lipinski definition) is 0. The average Bonchev–Trinajstić information content (AvgIpc) is 2.72. The summed E-state index contributed by atoms with van der Waals surface area (Å²) in [6.45, 7) is -0.142. The molecule has 0 radical (unpaired) electrons. The van der Waals surface area contributed by atoms with E-state index in [-0.39, 0.29) is 24.3 Å². The minimum Gasteiger partial charge on any atom is -0.457 e. The third kappa shape index (κ3) is 5.67. The van der Waals surface area contributed by atoms with Gasteiger partial charge in [0.15, 0.2) is 0 Å². The van der Waals surface area contributed by atoms with E-state index in [1.165, 1.54) is 12.1 Å². The number of carbonyl (C=O) groups is 2. The Labute approximate surface area is 193 Å². The molecule has 154 valence electrons. The topological polar surface area (TPSA) is 52.6 Å². The molecule has 3 rings (SSSR count). The summed E-state index contributed by atoms with van der Waals surface area (Å²) >= 11 is 23.9. The maximum atomic E-state index is 12.6. The van der Waals surface area contributed by atoms with Crippen molar-refractivity contribution in [2.45, 2.75) is 13.2 Å². The number of rotatable bonds is 6. The molecule has 3 aromatic carbocycles. The Kier molecular flexibility index (Phi) is 7.62. The third-order valence-corrected chi connectivity index (χ3v) is 5.29. The lowest BCUT2D eigenvalue weighted by Gasteiger charge is -2.11. The normalized spacial score (nSPS) is 10.5. The van der Waals surface area contributed by atoms with Crippen LogP contribution >= 0.6 is 46.4 Å². The highest BCUT2D eigenvalue weighted by atomic mass is 35.5. The molecule has 0 amide bonds. The van der Waals surface area contributed by atoms with Crippen molar-refractivity contribution in [3.63, 3.8) is 0 Å². The third-order valence-electron chi connectivity index (χ3n) is 4.11. The molecule has 0 heterocycles. The van der Waals surface area contributed by atoms with Crippen molar-refractivity contribution >= 4 is 58.3 Å². The Bertz CT molecular complexity index is 1010. The molecule has 0 aliphatic carbocycles. The van der Waals surface area contributed by atoms with Gasteiger partial charge in [0.25, 0.3) is 0 Å². The molecule has 0 spiro atoms. The van der Waals surface area contributed by atoms with Crippen LogP contribution in [0.4, 0.5) is 0 Å². The summed E-state index contributed by atoms with van der Waals surface area (Å²) in [6.07, 6.45) is 0. The van der Waals surface area contributed by atoms with Crippen LogP contribution in [0.25, 0.3) is 0 Å². The summed E-state index contributed by atoms with van der Waals surface area (Å²) in [5, 5.41) is 1.71. The van der Waals surface area contributed by atoms with Gasteiger partial charge in [0.05, 0.1) is 11.1 Å². The first-order chi connectivity index (χ1) is 14.3. The molecule has 0 aliphatic rings. The van der Waals surface area contributed by atoms with Gasteiger partial charge in [0.1, 0.15) is 13.2 Å². The van der Waals surface area contributed by atoms with Crippen molar-refractivity contribution in [1.82, 2.24) is 0 Å². The van der Waals surface area contributed by atoms with Crippen molar-refractivity contribution < 1.29 is 19.1 Å². The Morgan fingerprint density at radius 2 is 1.03 bits per heavy atom. The fourth-order valence-electron chi connectivity index (χ4n) is 2.56. The monoisotopic (exact) mass is 482 g/mol. The quantitative estimate of drug-likeness (QED) is 0.353. The van der Waals surface area contributed by atoms with Crippen LogP contribution in [0, 0.1) is 0 Å². The molecule has 0 N–H and O–H groups in total. The summed E-state index contributed by atoms with van der Waals surface area (Å²) in [7, 11) is 0. The second-order valence-electron chi connectivity index (χ2n) is 6.17. The molecule has 0 aliphatic heterocycles. The highest BCUT2D eigenvalue weighted by molar-refractivity contribution is 6.35. The first-order valence-corrected chi connectivity index (χ1v) is 10.2. The summed E-state index contributed by atoms with van der Waals surface area (Å²) in [4.78, 5) is 25.1. The van der Waals surface area contributed by atoms with Crippen molar-refractivity contribution in [1.29, 1.82) is 0 Å². The molecule has 0 saturated carbocycles. The van der Waals surface area contributed by atoms with Gasteiger partial charge in [-0.25, -0.2) is 9.59 Å². The molecule has 0 saturated heterocycles. The fraction of sp³-hybridized carbons (Fsp3) is 0.0909. The highest BCUT2D eigenvalue weighted by Gasteiger charge is 2.20. The van der Waals surface area contributed by atoms with Crippen LogP contribution in [0.1, 0.15) is 31.8 Å². The molecule has 30 heavy (non-hydrogen) atoms. The van der Waals surface area contributed by atoms with Gasteiger partial charge in [-0.1, -0.05) is 70.7 Å². The van der Waals surface area contributed by atoms with Gasteiger partial charge in [-0.3, -0.25) is 0 Å². The Morgan fingerprint density at radius 1 is 0.633 bits per heavy atom. The van der Waals surface area contributed by atoms with Crippen molar-refractivity contribution in [2.24, 2.45) is 0 Å². The van der Waals surface area contributed by atoms with E-state index in [0.29, 0.717) is 31.2 Å². The maximum absolute atomic E-state index is 12.6. The van der Waals surface area contributed by atoms with Crippen molar-refractivity contribution in [3.8, 4) is 0 Å². The van der Waals surface area contributed by atoms with Gasteiger partial charge >= 0.3 is 11.9 Å². The SMILES string of the molecule is O=C(OCc1ccc(Cl)cc1Cl)c1ccccc1C(=O)OCc1ccc(Cl)cc1Cl. The largest absolute Gasteiger partial charge is 0.457 e. The molecule has 0 aromatic heterocycles. The molecule has 0 fully saturated rings. The van der Waals surface area contributed by atoms with Gasteiger partial charge in [-0.15, -0.1) is 0 Å². The number of carbonyl (C=O) groups excluding carboxylic acids is 2. The molecular formula is C22H14Cl4O4. The van der Waals surface area contributed by atoms with E-state index >= 15 is 0 Å².